The second kappa shape index (κ2) is 8.03. The van der Waals surface area contributed by atoms with E-state index < -0.39 is 5.97 Å². The highest BCUT2D eigenvalue weighted by atomic mass is 32.1. The number of nitrogens with zero attached hydrogens (tertiary/aromatic N) is 4. The van der Waals surface area contributed by atoms with Crippen molar-refractivity contribution in [3.05, 3.63) is 69.8 Å². The number of carbonyl (C=O) groups excluding carboxylic acids is 1. The van der Waals surface area contributed by atoms with Crippen LogP contribution in [0.3, 0.4) is 0 Å². The summed E-state index contributed by atoms with van der Waals surface area (Å²) in [4.78, 5) is 38.6. The van der Waals surface area contributed by atoms with Gasteiger partial charge in [0.25, 0.3) is 5.56 Å². The second-order valence-corrected chi connectivity index (χ2v) is 7.67. The van der Waals surface area contributed by atoms with Gasteiger partial charge in [-0.15, -0.1) is 0 Å². The lowest BCUT2D eigenvalue weighted by Crippen LogP contribution is -2.20. The molecule has 152 valence electrons. The van der Waals surface area contributed by atoms with E-state index in [9.17, 15) is 9.59 Å². The minimum Gasteiger partial charge on any atom is -0.469 e. The highest BCUT2D eigenvalue weighted by molar-refractivity contribution is 7.20. The highest BCUT2D eigenvalue weighted by Crippen LogP contribution is 2.24. The smallest absolute Gasteiger partial charge is 0.311 e. The van der Waals surface area contributed by atoms with Gasteiger partial charge in [-0.25, -0.2) is 15.0 Å². The zero-order chi connectivity index (χ0) is 21.3. The SMILES string of the molecule is COC(=O)Cc1[nH]n(-c2nc3ccccc3s2)c(=O)c1C(C)=Nc1cccc(C)n1. The van der Waals surface area contributed by atoms with Gasteiger partial charge in [-0.05, 0) is 38.1 Å². The monoisotopic (exact) mass is 421 g/mol. The molecule has 0 fully saturated rings. The molecule has 8 nitrogen and oxygen atoms in total. The maximum atomic E-state index is 13.3. The van der Waals surface area contributed by atoms with Crippen LogP contribution in [0.15, 0.2) is 52.3 Å². The number of thiazole rings is 1. The number of aromatic amines is 1. The molecule has 0 aliphatic rings. The molecule has 0 amide bonds. The van der Waals surface area contributed by atoms with Crippen molar-refractivity contribution in [2.75, 3.05) is 7.11 Å². The van der Waals surface area contributed by atoms with Crippen molar-refractivity contribution >= 4 is 39.1 Å². The van der Waals surface area contributed by atoms with E-state index >= 15 is 0 Å². The number of nitrogens with one attached hydrogen (secondary N) is 1. The summed E-state index contributed by atoms with van der Waals surface area (Å²) in [7, 11) is 1.31. The Bertz CT molecular complexity index is 1300. The number of pyridine rings is 1. The van der Waals surface area contributed by atoms with E-state index in [1.165, 1.54) is 23.1 Å². The van der Waals surface area contributed by atoms with Crippen LogP contribution in [0.1, 0.15) is 23.9 Å². The lowest BCUT2D eigenvalue weighted by Gasteiger charge is -2.02. The van der Waals surface area contributed by atoms with Crippen LogP contribution in [-0.4, -0.2) is 38.5 Å². The molecule has 30 heavy (non-hydrogen) atoms. The number of benzene rings is 1. The average Bonchev–Trinajstić information content (AvgIpc) is 3.28. The lowest BCUT2D eigenvalue weighted by molar-refractivity contribution is -0.139. The molecule has 0 atom stereocenters. The third kappa shape index (κ3) is 3.79. The number of aryl methyl sites for hydroxylation is 1. The van der Waals surface area contributed by atoms with Crippen molar-refractivity contribution in [2.24, 2.45) is 4.99 Å². The van der Waals surface area contributed by atoms with Gasteiger partial charge in [0, 0.05) is 5.69 Å². The maximum absolute atomic E-state index is 13.3. The Morgan fingerprint density at radius 2 is 2.00 bits per heavy atom. The summed E-state index contributed by atoms with van der Waals surface area (Å²) >= 11 is 1.38. The summed E-state index contributed by atoms with van der Waals surface area (Å²) in [6.07, 6.45) is -0.0902. The summed E-state index contributed by atoms with van der Waals surface area (Å²) in [6, 6.07) is 13.1. The quantitative estimate of drug-likeness (QED) is 0.393. The lowest BCUT2D eigenvalue weighted by atomic mass is 10.1. The standard InChI is InChI=1S/C21H19N5O3S/c1-12-7-6-10-17(22-12)23-13(2)19-15(11-18(27)29-3)25-26(20(19)28)21-24-14-8-4-5-9-16(14)30-21/h4-10,25H,11H2,1-3H3. The first-order valence-electron chi connectivity index (χ1n) is 9.22. The molecule has 0 radical (unpaired) electrons. The van der Waals surface area contributed by atoms with Crippen molar-refractivity contribution in [1.29, 1.82) is 0 Å². The molecule has 0 bridgehead atoms. The van der Waals surface area contributed by atoms with Crippen LogP contribution in [0.5, 0.6) is 0 Å². The molecule has 0 spiro atoms. The van der Waals surface area contributed by atoms with E-state index in [-0.39, 0.29) is 12.0 Å². The Morgan fingerprint density at radius 3 is 2.73 bits per heavy atom. The molecule has 0 saturated heterocycles. The van der Waals surface area contributed by atoms with Gasteiger partial charge in [0.1, 0.15) is 0 Å². The predicted octanol–water partition coefficient (Wildman–Crippen LogP) is 3.33. The van der Waals surface area contributed by atoms with Crippen molar-refractivity contribution in [2.45, 2.75) is 20.3 Å². The molecule has 4 rings (SSSR count). The number of aromatic nitrogens is 4. The summed E-state index contributed by atoms with van der Waals surface area (Å²) in [6.45, 7) is 3.59. The molecule has 3 heterocycles. The van der Waals surface area contributed by atoms with Crippen molar-refractivity contribution in [1.82, 2.24) is 19.7 Å². The molecule has 1 aromatic carbocycles. The van der Waals surface area contributed by atoms with Gasteiger partial charge >= 0.3 is 5.97 Å². The van der Waals surface area contributed by atoms with Gasteiger partial charge in [0.15, 0.2) is 5.82 Å². The van der Waals surface area contributed by atoms with E-state index in [0.717, 1.165) is 15.9 Å². The number of fused-ring (bicyclic) bond motifs is 1. The number of ether oxygens (including phenoxy) is 1. The first-order chi connectivity index (χ1) is 14.5. The molecule has 0 aliphatic carbocycles. The topological polar surface area (TPSA) is 102 Å². The van der Waals surface area contributed by atoms with Crippen LogP contribution in [0.25, 0.3) is 15.3 Å². The molecule has 0 saturated carbocycles. The minimum absolute atomic E-state index is 0.0902. The van der Waals surface area contributed by atoms with Crippen LogP contribution >= 0.6 is 11.3 Å². The minimum atomic E-state index is -0.463. The molecule has 4 aromatic rings. The van der Waals surface area contributed by atoms with Crippen molar-refractivity contribution in [3.8, 4) is 5.13 Å². The first-order valence-corrected chi connectivity index (χ1v) is 10.0. The van der Waals surface area contributed by atoms with Crippen LogP contribution in [-0.2, 0) is 16.0 Å². The number of rotatable bonds is 5. The van der Waals surface area contributed by atoms with Gasteiger partial charge in [-0.1, -0.05) is 29.5 Å². The fraction of sp³-hybridized carbons (Fsp3) is 0.190. The summed E-state index contributed by atoms with van der Waals surface area (Å²) in [5, 5.41) is 3.51. The van der Waals surface area contributed by atoms with Gasteiger partial charge in [-0.3, -0.25) is 14.7 Å². The average molecular weight is 421 g/mol. The molecule has 3 aromatic heterocycles. The number of esters is 1. The number of para-hydroxylation sites is 1. The fourth-order valence-corrected chi connectivity index (χ4v) is 4.03. The number of carbonyl (C=O) groups is 1. The molecule has 0 unspecified atom stereocenters. The third-order valence-corrected chi connectivity index (χ3v) is 5.53. The second-order valence-electron chi connectivity index (χ2n) is 6.66. The zero-order valence-corrected chi connectivity index (χ0v) is 17.5. The van der Waals surface area contributed by atoms with Gasteiger partial charge < -0.3 is 4.74 Å². The number of methoxy groups -OCH3 is 1. The fourth-order valence-electron chi connectivity index (χ4n) is 3.11. The summed E-state index contributed by atoms with van der Waals surface area (Å²) < 4.78 is 7.10. The number of hydrogen-bond donors (Lipinski definition) is 1. The van der Waals surface area contributed by atoms with E-state index in [2.05, 4.69) is 20.1 Å². The molecular formula is C21H19N5O3S. The Kier molecular flexibility index (Phi) is 5.28. The van der Waals surface area contributed by atoms with Crippen LogP contribution in [0.2, 0.25) is 0 Å². The summed E-state index contributed by atoms with van der Waals surface area (Å²) in [5.74, 6) is 0.0269. The number of hydrogen-bond acceptors (Lipinski definition) is 7. The Labute approximate surface area is 175 Å². The Hall–Kier alpha value is -3.59. The maximum Gasteiger partial charge on any atom is 0.311 e. The largest absolute Gasteiger partial charge is 0.469 e. The molecule has 1 N–H and O–H groups in total. The van der Waals surface area contributed by atoms with Crippen molar-refractivity contribution < 1.29 is 9.53 Å². The van der Waals surface area contributed by atoms with E-state index in [4.69, 9.17) is 4.74 Å². The van der Waals surface area contributed by atoms with Crippen LogP contribution < -0.4 is 5.56 Å². The normalized spacial score (nSPS) is 11.8. The van der Waals surface area contributed by atoms with Gasteiger partial charge in [0.2, 0.25) is 5.13 Å². The zero-order valence-electron chi connectivity index (χ0n) is 16.7. The summed E-state index contributed by atoms with van der Waals surface area (Å²) in [5.41, 5.74) is 2.46. The highest BCUT2D eigenvalue weighted by Gasteiger charge is 2.22. The van der Waals surface area contributed by atoms with Crippen LogP contribution in [0, 0.1) is 6.92 Å². The predicted molar refractivity (Wildman–Crippen MR) is 116 cm³/mol. The van der Waals surface area contributed by atoms with E-state index in [1.807, 2.05) is 43.3 Å². The number of H-pyrrole nitrogens is 1. The van der Waals surface area contributed by atoms with Crippen molar-refractivity contribution in [3.63, 3.8) is 0 Å². The third-order valence-electron chi connectivity index (χ3n) is 4.51. The molecule has 0 aliphatic heterocycles. The van der Waals surface area contributed by atoms with Gasteiger partial charge in [0.05, 0.1) is 40.7 Å². The van der Waals surface area contributed by atoms with E-state index in [1.54, 1.807) is 13.0 Å². The Morgan fingerprint density at radius 1 is 1.20 bits per heavy atom. The molecular weight excluding hydrogens is 402 g/mol. The van der Waals surface area contributed by atoms with Crippen LogP contribution in [0.4, 0.5) is 5.82 Å². The van der Waals surface area contributed by atoms with E-state index in [0.29, 0.717) is 27.9 Å². The molecule has 9 heteroatoms. The first kappa shape index (κ1) is 19.7. The van der Waals surface area contributed by atoms with Gasteiger partial charge in [-0.2, -0.15) is 4.68 Å². The Balaban J connectivity index is 1.85. The number of aliphatic imine (C=N–C) groups is 1.